The van der Waals surface area contributed by atoms with Crippen molar-refractivity contribution in [2.45, 2.75) is 141 Å². The Labute approximate surface area is 279 Å². The first-order valence-electron chi connectivity index (χ1n) is 17.0. The number of Topliss-reactive ketones (excluding diaryl/α,β-unsaturated/α-hetero) is 1. The Balaban J connectivity index is 2.15. The van der Waals surface area contributed by atoms with Gasteiger partial charge < -0.3 is 34.3 Å². The Morgan fingerprint density at radius 3 is 2.06 bits per heavy atom. The molecule has 11 heteroatoms. The van der Waals surface area contributed by atoms with Gasteiger partial charge in [0.2, 0.25) is 0 Å². The van der Waals surface area contributed by atoms with E-state index in [2.05, 4.69) is 0 Å². The number of hydrogen-bond donors (Lipinski definition) is 4. The summed E-state index contributed by atoms with van der Waals surface area (Å²) in [4.78, 5) is 42.1. The Morgan fingerprint density at radius 2 is 1.55 bits per heavy atom. The lowest BCUT2D eigenvalue weighted by Gasteiger charge is -2.65. The van der Waals surface area contributed by atoms with Crippen molar-refractivity contribution in [3.63, 3.8) is 0 Å². The Bertz CT molecular complexity index is 1380. The number of benzene rings is 1. The van der Waals surface area contributed by atoms with Crippen LogP contribution in [0.25, 0.3) is 0 Å². The molecule has 0 aromatic heterocycles. The van der Waals surface area contributed by atoms with E-state index in [4.69, 9.17) is 13.9 Å². The molecule has 4 rings (SSSR count). The van der Waals surface area contributed by atoms with Gasteiger partial charge in [-0.05, 0) is 61.7 Å². The van der Waals surface area contributed by atoms with E-state index in [0.29, 0.717) is 5.57 Å². The third kappa shape index (κ3) is 5.64. The molecule has 0 aliphatic heterocycles. The van der Waals surface area contributed by atoms with Crippen LogP contribution in [0.1, 0.15) is 91.9 Å². The molecule has 3 aliphatic carbocycles. The lowest BCUT2D eigenvalue weighted by Crippen LogP contribution is -2.78. The van der Waals surface area contributed by atoms with Crippen LogP contribution in [0, 0.1) is 16.7 Å². The largest absolute Gasteiger partial charge is 0.456 e. The van der Waals surface area contributed by atoms with Crippen LogP contribution in [0.4, 0.5) is 0 Å². The van der Waals surface area contributed by atoms with E-state index in [1.807, 2.05) is 20.8 Å². The zero-order valence-corrected chi connectivity index (χ0v) is 30.3. The molecule has 0 amide bonds. The topological polar surface area (TPSA) is 160 Å². The molecule has 0 spiro atoms. The summed E-state index contributed by atoms with van der Waals surface area (Å²) in [5.41, 5.74) is -6.47. The molecule has 1 aromatic carbocycles. The summed E-state index contributed by atoms with van der Waals surface area (Å²) < 4.78 is 19.5. The third-order valence-electron chi connectivity index (χ3n) is 12.3. The fourth-order valence-corrected chi connectivity index (χ4v) is 12.1. The molecule has 1 aromatic rings. The molecule has 4 N–H and O–H groups in total. The molecular formula is C36H54O10Si. The number of aliphatic hydroxyl groups is 4. The number of carbonyl (C=O) groups is 3. The maximum Gasteiger partial charge on any atom is 0.338 e. The van der Waals surface area contributed by atoms with Crippen LogP contribution in [-0.4, -0.2) is 88.2 Å². The van der Waals surface area contributed by atoms with Gasteiger partial charge in [-0.25, -0.2) is 4.79 Å². The van der Waals surface area contributed by atoms with Gasteiger partial charge in [-0.2, -0.15) is 0 Å². The maximum absolute atomic E-state index is 15.2. The fourth-order valence-electron chi connectivity index (χ4n) is 9.11. The van der Waals surface area contributed by atoms with Gasteiger partial charge in [0.05, 0.1) is 35.2 Å². The predicted molar refractivity (Wildman–Crippen MR) is 178 cm³/mol. The van der Waals surface area contributed by atoms with Crippen molar-refractivity contribution in [3.8, 4) is 0 Å². The van der Waals surface area contributed by atoms with E-state index in [1.165, 1.54) is 6.92 Å². The normalized spacial score (nSPS) is 37.0. The molecule has 9 atom stereocenters. The van der Waals surface area contributed by atoms with Crippen molar-refractivity contribution < 1.29 is 48.7 Å². The zero-order chi connectivity index (χ0) is 35.3. The molecule has 0 unspecified atom stereocenters. The van der Waals surface area contributed by atoms with Crippen LogP contribution in [0.15, 0.2) is 41.5 Å². The number of hydrogen-bond acceptors (Lipinski definition) is 10. The van der Waals surface area contributed by atoms with E-state index in [1.54, 1.807) is 65.0 Å². The van der Waals surface area contributed by atoms with E-state index in [0.717, 1.165) is 18.1 Å². The van der Waals surface area contributed by atoms with Gasteiger partial charge in [-0.1, -0.05) is 59.7 Å². The standard InChI is InChI=1S/C36H54O10Si/c1-10-35(45-22(6)37)25(39)19-26(46-47(11-2,12-3)13-4)34(9)29(35)31(44-32(42)23-17-15-14-16-18-23)36(43)20-24(38)21(5)27(33(36,7)8)28(40)30(34)41/h14-18,24-26,28-29,31,38-40,43H,10-13,19-20H2,1-9H3/t24-,25+,26-,28+,29-,31-,34+,35-,36+/m0/s1. The second-order valence-electron chi connectivity index (χ2n) is 14.6. The van der Waals surface area contributed by atoms with Gasteiger partial charge in [0.25, 0.3) is 0 Å². The second kappa shape index (κ2) is 13.1. The minimum atomic E-state index is -2.51. The number of carbonyl (C=O) groups excluding carboxylic acids is 3. The average Bonchev–Trinajstić information content (AvgIpc) is 3.03. The molecular weight excluding hydrogens is 620 g/mol. The van der Waals surface area contributed by atoms with E-state index in [9.17, 15) is 30.0 Å². The predicted octanol–water partition coefficient (Wildman–Crippen LogP) is 4.48. The van der Waals surface area contributed by atoms with Gasteiger partial charge >= 0.3 is 11.9 Å². The first-order valence-corrected chi connectivity index (χ1v) is 19.6. The second-order valence-corrected chi connectivity index (χ2v) is 19.3. The van der Waals surface area contributed by atoms with Gasteiger partial charge in [0.15, 0.2) is 14.1 Å². The summed E-state index contributed by atoms with van der Waals surface area (Å²) in [6, 6.07) is 10.4. The van der Waals surface area contributed by atoms with Gasteiger partial charge in [0.1, 0.15) is 23.4 Å². The van der Waals surface area contributed by atoms with E-state index < -0.39 is 84.5 Å². The van der Waals surface area contributed by atoms with Crippen LogP contribution >= 0.6 is 0 Å². The molecule has 262 valence electrons. The van der Waals surface area contributed by atoms with Crippen molar-refractivity contribution in [1.82, 2.24) is 0 Å². The smallest absolute Gasteiger partial charge is 0.338 e. The van der Waals surface area contributed by atoms with Crippen molar-refractivity contribution in [1.29, 1.82) is 0 Å². The van der Waals surface area contributed by atoms with Crippen LogP contribution in [0.5, 0.6) is 0 Å². The fraction of sp³-hybridized carbons (Fsp3) is 0.694. The summed E-state index contributed by atoms with van der Waals surface area (Å²) in [6.07, 6.45) is -7.49. The van der Waals surface area contributed by atoms with Gasteiger partial charge in [-0.15, -0.1) is 0 Å². The molecule has 0 saturated heterocycles. The van der Waals surface area contributed by atoms with E-state index in [-0.39, 0.29) is 30.4 Å². The van der Waals surface area contributed by atoms with Crippen LogP contribution < -0.4 is 0 Å². The number of rotatable bonds is 9. The molecule has 10 nitrogen and oxygen atoms in total. The zero-order valence-electron chi connectivity index (χ0n) is 29.3. The van der Waals surface area contributed by atoms with Crippen molar-refractivity contribution in [2.24, 2.45) is 16.7 Å². The maximum atomic E-state index is 15.2. The monoisotopic (exact) mass is 674 g/mol. The number of ether oxygens (including phenoxy) is 2. The third-order valence-corrected chi connectivity index (χ3v) is 17.0. The van der Waals surface area contributed by atoms with Crippen LogP contribution in [0.3, 0.4) is 0 Å². The summed E-state index contributed by atoms with van der Waals surface area (Å²) in [5.74, 6) is -3.61. The highest BCUT2D eigenvalue weighted by atomic mass is 28.4. The number of ketones is 1. The Kier molecular flexibility index (Phi) is 10.5. The minimum absolute atomic E-state index is 0.0117. The minimum Gasteiger partial charge on any atom is -0.456 e. The molecule has 3 aliphatic rings. The van der Waals surface area contributed by atoms with Gasteiger partial charge in [-0.3, -0.25) is 9.59 Å². The molecule has 2 fully saturated rings. The first-order chi connectivity index (χ1) is 21.9. The van der Waals surface area contributed by atoms with Crippen molar-refractivity contribution in [2.75, 3.05) is 0 Å². The first kappa shape index (κ1) is 37.4. The summed E-state index contributed by atoms with van der Waals surface area (Å²) in [7, 11) is -2.51. The highest BCUT2D eigenvalue weighted by Gasteiger charge is 2.75. The molecule has 47 heavy (non-hydrogen) atoms. The lowest BCUT2D eigenvalue weighted by atomic mass is 9.45. The quantitative estimate of drug-likeness (QED) is 0.167. The molecule has 2 saturated carbocycles. The lowest BCUT2D eigenvalue weighted by molar-refractivity contribution is -0.282. The number of esters is 2. The average molecular weight is 675 g/mol. The van der Waals surface area contributed by atoms with Crippen molar-refractivity contribution in [3.05, 3.63) is 47.0 Å². The summed E-state index contributed by atoms with van der Waals surface area (Å²) >= 11 is 0. The highest BCUT2D eigenvalue weighted by molar-refractivity contribution is 6.73. The number of aliphatic hydroxyl groups excluding tert-OH is 3. The van der Waals surface area contributed by atoms with Crippen LogP contribution in [-0.2, 0) is 23.5 Å². The Hall–Kier alpha value is -2.41. The molecule has 2 bridgehead atoms. The SMILES string of the molecule is CC[C@]1(OC(C)=O)[C@H](O)C[C@H](O[Si](CC)(CC)CC)[C@@]2(C)C(=O)[C@H](O)C3=C(C)[C@@H](O)C[C@@](O)([C@@H](OC(=O)c4ccccc4)[C@H]12)C3(C)C. The van der Waals surface area contributed by atoms with Crippen molar-refractivity contribution >= 4 is 26.0 Å². The molecule has 0 heterocycles. The van der Waals surface area contributed by atoms with Crippen LogP contribution in [0.2, 0.25) is 18.1 Å². The summed E-state index contributed by atoms with van der Waals surface area (Å²) in [6.45, 7) is 15.6. The summed E-state index contributed by atoms with van der Waals surface area (Å²) in [5, 5.41) is 48.7. The van der Waals surface area contributed by atoms with Gasteiger partial charge in [0, 0.05) is 25.2 Å². The Morgan fingerprint density at radius 1 is 0.979 bits per heavy atom. The van der Waals surface area contributed by atoms with E-state index >= 15 is 4.79 Å². The number of fused-ring (bicyclic) bond motifs is 3. The molecule has 0 radical (unpaired) electrons. The highest BCUT2D eigenvalue weighted by Crippen LogP contribution is 2.63.